The zero-order valence-electron chi connectivity index (χ0n) is 11.5. The molecule has 2 aromatic heterocycles. The predicted molar refractivity (Wildman–Crippen MR) is 82.9 cm³/mol. The number of hydrogen-bond acceptors (Lipinski definition) is 6. The number of carbonyl (C=O) groups excluding carboxylic acids is 1. The number of carbonyl (C=O) groups is 1. The van der Waals surface area contributed by atoms with Gasteiger partial charge in [0.1, 0.15) is 4.88 Å². The highest BCUT2D eigenvalue weighted by atomic mass is 35.5. The Morgan fingerprint density at radius 2 is 2.00 bits per heavy atom. The van der Waals surface area contributed by atoms with Gasteiger partial charge in [0.15, 0.2) is 6.10 Å². The third kappa shape index (κ3) is 3.18. The number of benzene rings is 1. The van der Waals surface area contributed by atoms with Crippen LogP contribution in [-0.2, 0) is 4.74 Å². The van der Waals surface area contributed by atoms with Crippen molar-refractivity contribution >= 4 is 28.9 Å². The number of rotatable bonds is 4. The lowest BCUT2D eigenvalue weighted by atomic mass is 10.2. The molecule has 0 saturated carbocycles. The molecule has 22 heavy (non-hydrogen) atoms. The van der Waals surface area contributed by atoms with E-state index < -0.39 is 12.1 Å². The Balaban J connectivity index is 1.72. The summed E-state index contributed by atoms with van der Waals surface area (Å²) >= 11 is 6.96. The van der Waals surface area contributed by atoms with Crippen LogP contribution in [0.1, 0.15) is 28.6 Å². The minimum Gasteiger partial charge on any atom is -0.448 e. The second-order valence-electron chi connectivity index (χ2n) is 4.46. The molecule has 0 aliphatic carbocycles. The monoisotopic (exact) mass is 334 g/mol. The van der Waals surface area contributed by atoms with Crippen LogP contribution in [0.4, 0.5) is 0 Å². The maximum Gasteiger partial charge on any atom is 0.349 e. The summed E-state index contributed by atoms with van der Waals surface area (Å²) in [6.07, 6.45) is -0.640. The molecule has 0 fully saturated rings. The third-order valence-corrected chi connectivity index (χ3v) is 4.08. The Bertz CT molecular complexity index is 785. The van der Waals surface area contributed by atoms with E-state index in [-0.39, 0.29) is 5.89 Å². The normalized spacial score (nSPS) is 12.1. The Hall–Kier alpha value is -2.18. The van der Waals surface area contributed by atoms with Gasteiger partial charge in [-0.1, -0.05) is 29.8 Å². The van der Waals surface area contributed by atoms with Gasteiger partial charge in [-0.2, -0.15) is 0 Å². The third-order valence-electron chi connectivity index (χ3n) is 2.87. The van der Waals surface area contributed by atoms with Crippen LogP contribution in [0.15, 0.2) is 46.9 Å². The molecule has 0 radical (unpaired) electrons. The van der Waals surface area contributed by atoms with E-state index in [0.717, 1.165) is 16.9 Å². The molecule has 0 spiro atoms. The molecule has 0 unspecified atom stereocenters. The van der Waals surface area contributed by atoms with Crippen LogP contribution in [-0.4, -0.2) is 16.2 Å². The second kappa shape index (κ2) is 6.29. The van der Waals surface area contributed by atoms with Gasteiger partial charge in [-0.3, -0.25) is 0 Å². The zero-order chi connectivity index (χ0) is 15.5. The fourth-order valence-corrected chi connectivity index (χ4v) is 2.72. The van der Waals surface area contributed by atoms with E-state index in [9.17, 15) is 4.79 Å². The summed E-state index contributed by atoms with van der Waals surface area (Å²) in [5, 5.41) is 7.89. The maximum absolute atomic E-state index is 12.0. The first-order chi connectivity index (χ1) is 10.6. The number of aromatic nitrogens is 2. The Morgan fingerprint density at radius 3 is 2.68 bits per heavy atom. The van der Waals surface area contributed by atoms with E-state index in [1.807, 2.05) is 30.3 Å². The van der Waals surface area contributed by atoms with Crippen LogP contribution in [0, 0.1) is 0 Å². The summed E-state index contributed by atoms with van der Waals surface area (Å²) < 4.78 is 11.4. The number of halogens is 1. The molecular weight excluding hydrogens is 324 g/mol. The van der Waals surface area contributed by atoms with Gasteiger partial charge < -0.3 is 9.15 Å². The first-order valence-corrected chi connectivity index (χ1v) is 7.68. The fourth-order valence-electron chi connectivity index (χ4n) is 1.79. The molecule has 0 saturated heterocycles. The van der Waals surface area contributed by atoms with Gasteiger partial charge in [0.05, 0.1) is 4.34 Å². The first-order valence-electron chi connectivity index (χ1n) is 6.48. The molecule has 3 aromatic rings. The minimum atomic E-state index is -0.640. The summed E-state index contributed by atoms with van der Waals surface area (Å²) in [7, 11) is 0. The molecule has 7 heteroatoms. The van der Waals surface area contributed by atoms with Gasteiger partial charge >= 0.3 is 5.97 Å². The summed E-state index contributed by atoms with van der Waals surface area (Å²) in [6, 6.07) is 12.6. The van der Waals surface area contributed by atoms with Crippen molar-refractivity contribution in [1.29, 1.82) is 0 Å². The van der Waals surface area contributed by atoms with E-state index in [2.05, 4.69) is 10.2 Å². The first kappa shape index (κ1) is 14.7. The smallest absolute Gasteiger partial charge is 0.349 e. The van der Waals surface area contributed by atoms with Gasteiger partial charge in [0.25, 0.3) is 5.89 Å². The van der Waals surface area contributed by atoms with E-state index in [0.29, 0.717) is 15.1 Å². The summed E-state index contributed by atoms with van der Waals surface area (Å²) in [6.45, 7) is 1.68. The molecular formula is C15H11ClN2O3S. The van der Waals surface area contributed by atoms with E-state index in [1.165, 1.54) is 0 Å². The lowest BCUT2D eigenvalue weighted by Gasteiger charge is -2.07. The molecule has 3 rings (SSSR count). The van der Waals surface area contributed by atoms with E-state index in [1.54, 1.807) is 19.1 Å². The van der Waals surface area contributed by atoms with Crippen LogP contribution >= 0.6 is 22.9 Å². The van der Waals surface area contributed by atoms with Gasteiger partial charge in [0.2, 0.25) is 5.89 Å². The SMILES string of the molecule is C[C@H](OC(=O)c1ccc(Cl)s1)c1nnc(-c2ccccc2)o1. The van der Waals surface area contributed by atoms with Crippen molar-refractivity contribution in [2.24, 2.45) is 0 Å². The van der Waals surface area contributed by atoms with E-state index >= 15 is 0 Å². The van der Waals surface area contributed by atoms with Gasteiger partial charge in [-0.15, -0.1) is 21.5 Å². The van der Waals surface area contributed by atoms with E-state index in [4.69, 9.17) is 20.8 Å². The molecule has 0 N–H and O–H groups in total. The quantitative estimate of drug-likeness (QED) is 0.663. The van der Waals surface area contributed by atoms with Crippen molar-refractivity contribution in [2.75, 3.05) is 0 Å². The number of thiophene rings is 1. The summed E-state index contributed by atoms with van der Waals surface area (Å²) in [5.41, 5.74) is 0.810. The molecule has 112 valence electrons. The molecule has 0 aliphatic rings. The van der Waals surface area contributed by atoms with Crippen molar-refractivity contribution in [3.05, 3.63) is 57.6 Å². The molecule has 0 amide bonds. The predicted octanol–water partition coefficient (Wildman–Crippen LogP) is 4.37. The van der Waals surface area contributed by atoms with Crippen molar-refractivity contribution < 1.29 is 13.9 Å². The average Bonchev–Trinajstić information content (AvgIpc) is 3.17. The molecule has 5 nitrogen and oxygen atoms in total. The minimum absolute atomic E-state index is 0.245. The standard InChI is InChI=1S/C15H11ClN2O3S/c1-9(20-15(19)11-7-8-12(16)22-11)13-17-18-14(21-13)10-5-3-2-4-6-10/h2-9H,1H3/t9-/m0/s1. The Labute approximate surface area is 135 Å². The van der Waals surface area contributed by atoms with Crippen LogP contribution in [0.2, 0.25) is 4.34 Å². The fraction of sp³-hybridized carbons (Fsp3) is 0.133. The Morgan fingerprint density at radius 1 is 1.23 bits per heavy atom. The summed E-state index contributed by atoms with van der Waals surface area (Å²) in [4.78, 5) is 12.4. The van der Waals surface area contributed by atoms with Crippen molar-refractivity contribution in [3.63, 3.8) is 0 Å². The van der Waals surface area contributed by atoms with Crippen LogP contribution in [0.5, 0.6) is 0 Å². The zero-order valence-corrected chi connectivity index (χ0v) is 13.1. The van der Waals surface area contributed by atoms with Crippen molar-refractivity contribution in [1.82, 2.24) is 10.2 Å². The largest absolute Gasteiger partial charge is 0.448 e. The molecule has 0 bridgehead atoms. The maximum atomic E-state index is 12.0. The Kier molecular flexibility index (Phi) is 4.22. The van der Waals surface area contributed by atoms with Crippen molar-refractivity contribution in [2.45, 2.75) is 13.0 Å². The highest BCUT2D eigenvalue weighted by Crippen LogP contribution is 2.26. The number of hydrogen-bond donors (Lipinski definition) is 0. The molecule has 1 aromatic carbocycles. The summed E-state index contributed by atoms with van der Waals surface area (Å²) in [5.74, 6) is 0.163. The highest BCUT2D eigenvalue weighted by molar-refractivity contribution is 7.17. The topological polar surface area (TPSA) is 65.2 Å². The van der Waals surface area contributed by atoms with Gasteiger partial charge in [-0.05, 0) is 31.2 Å². The molecule has 1 atom stereocenters. The van der Waals surface area contributed by atoms with Crippen LogP contribution in [0.25, 0.3) is 11.5 Å². The highest BCUT2D eigenvalue weighted by Gasteiger charge is 2.20. The number of esters is 1. The second-order valence-corrected chi connectivity index (χ2v) is 6.18. The van der Waals surface area contributed by atoms with Gasteiger partial charge in [0, 0.05) is 5.56 Å². The van der Waals surface area contributed by atoms with Crippen LogP contribution in [0.3, 0.4) is 0 Å². The number of nitrogens with zero attached hydrogens (tertiary/aromatic N) is 2. The molecule has 2 heterocycles. The number of ether oxygens (including phenoxy) is 1. The average molecular weight is 335 g/mol. The van der Waals surface area contributed by atoms with Crippen LogP contribution < -0.4 is 0 Å². The lowest BCUT2D eigenvalue weighted by molar-refractivity contribution is 0.0285. The van der Waals surface area contributed by atoms with Crippen molar-refractivity contribution in [3.8, 4) is 11.5 Å². The van der Waals surface area contributed by atoms with Gasteiger partial charge in [-0.25, -0.2) is 4.79 Å². The molecule has 0 aliphatic heterocycles. The lowest BCUT2D eigenvalue weighted by Crippen LogP contribution is -2.08.